The van der Waals surface area contributed by atoms with Crippen LogP contribution in [0.15, 0.2) is 0 Å². The standard InChI is InChI=1S/C15H27N5/c1-6-16-14-11(3)15(18-12(4)17-14)19-13-7-8-20(5)9-10(13)2/h10,13H,6-9H2,1-5H3,(H2,16,17,18,19). The van der Waals surface area contributed by atoms with Crippen LogP contribution in [0.3, 0.4) is 0 Å². The van der Waals surface area contributed by atoms with Crippen molar-refractivity contribution >= 4 is 11.6 Å². The second-order valence-electron chi connectivity index (χ2n) is 5.90. The number of aromatic nitrogens is 2. The molecule has 1 aliphatic heterocycles. The molecule has 20 heavy (non-hydrogen) atoms. The van der Waals surface area contributed by atoms with Crippen molar-refractivity contribution in [2.75, 3.05) is 37.3 Å². The molecule has 2 atom stereocenters. The maximum atomic E-state index is 4.59. The average molecular weight is 277 g/mol. The molecule has 112 valence electrons. The molecule has 1 aromatic rings. The number of anilines is 2. The van der Waals surface area contributed by atoms with Gasteiger partial charge in [0.15, 0.2) is 0 Å². The zero-order valence-corrected chi connectivity index (χ0v) is 13.3. The summed E-state index contributed by atoms with van der Waals surface area (Å²) in [6, 6.07) is 0.494. The fourth-order valence-corrected chi connectivity index (χ4v) is 2.85. The van der Waals surface area contributed by atoms with Crippen LogP contribution in [0.1, 0.15) is 31.7 Å². The Balaban J connectivity index is 2.16. The van der Waals surface area contributed by atoms with Crippen LogP contribution in [0.4, 0.5) is 11.6 Å². The highest BCUT2D eigenvalue weighted by Crippen LogP contribution is 2.24. The van der Waals surface area contributed by atoms with Crippen molar-refractivity contribution in [1.82, 2.24) is 14.9 Å². The minimum atomic E-state index is 0.494. The van der Waals surface area contributed by atoms with Gasteiger partial charge in [-0.1, -0.05) is 6.92 Å². The molecule has 0 aliphatic carbocycles. The van der Waals surface area contributed by atoms with Gasteiger partial charge in [-0.2, -0.15) is 0 Å². The van der Waals surface area contributed by atoms with E-state index >= 15 is 0 Å². The zero-order chi connectivity index (χ0) is 14.7. The van der Waals surface area contributed by atoms with Crippen LogP contribution in [0.2, 0.25) is 0 Å². The van der Waals surface area contributed by atoms with E-state index < -0.39 is 0 Å². The first-order valence-corrected chi connectivity index (χ1v) is 7.55. The normalized spacial score (nSPS) is 23.6. The first-order chi connectivity index (χ1) is 9.51. The Labute approximate surface area is 122 Å². The van der Waals surface area contributed by atoms with E-state index in [4.69, 9.17) is 0 Å². The summed E-state index contributed by atoms with van der Waals surface area (Å²) in [6.45, 7) is 11.6. The summed E-state index contributed by atoms with van der Waals surface area (Å²) in [5.74, 6) is 3.37. The van der Waals surface area contributed by atoms with Crippen molar-refractivity contribution in [3.05, 3.63) is 11.4 Å². The van der Waals surface area contributed by atoms with Gasteiger partial charge in [-0.15, -0.1) is 0 Å². The van der Waals surface area contributed by atoms with Gasteiger partial charge in [0.25, 0.3) is 0 Å². The lowest BCUT2D eigenvalue weighted by molar-refractivity contribution is 0.206. The Kier molecular flexibility index (Phi) is 4.81. The summed E-state index contributed by atoms with van der Waals surface area (Å²) in [5, 5.41) is 6.95. The average Bonchev–Trinajstić information content (AvgIpc) is 2.38. The minimum Gasteiger partial charge on any atom is -0.370 e. The molecule has 0 spiro atoms. The number of aryl methyl sites for hydroxylation is 1. The lowest BCUT2D eigenvalue weighted by Crippen LogP contribution is -2.43. The van der Waals surface area contributed by atoms with E-state index in [2.05, 4.69) is 53.3 Å². The topological polar surface area (TPSA) is 53.1 Å². The number of nitrogens with zero attached hydrogens (tertiary/aromatic N) is 3. The molecular weight excluding hydrogens is 250 g/mol. The molecule has 0 aromatic carbocycles. The molecule has 0 saturated carbocycles. The molecular formula is C15H27N5. The highest BCUT2D eigenvalue weighted by atomic mass is 15.1. The van der Waals surface area contributed by atoms with Crippen molar-refractivity contribution < 1.29 is 0 Å². The molecule has 2 rings (SSSR count). The van der Waals surface area contributed by atoms with Gasteiger partial charge in [-0.05, 0) is 46.7 Å². The molecule has 0 radical (unpaired) electrons. The summed E-state index contributed by atoms with van der Waals surface area (Å²) < 4.78 is 0. The van der Waals surface area contributed by atoms with Crippen molar-refractivity contribution in [3.8, 4) is 0 Å². The summed E-state index contributed by atoms with van der Waals surface area (Å²) in [6.07, 6.45) is 1.16. The monoisotopic (exact) mass is 277 g/mol. The Hall–Kier alpha value is -1.36. The van der Waals surface area contributed by atoms with Crippen molar-refractivity contribution in [1.29, 1.82) is 0 Å². The molecule has 2 unspecified atom stereocenters. The Morgan fingerprint density at radius 2 is 1.95 bits per heavy atom. The summed E-state index contributed by atoms with van der Waals surface area (Å²) in [5.41, 5.74) is 1.11. The van der Waals surface area contributed by atoms with Crippen molar-refractivity contribution in [2.45, 2.75) is 40.2 Å². The third-order valence-corrected chi connectivity index (χ3v) is 4.03. The Morgan fingerprint density at radius 1 is 1.25 bits per heavy atom. The Morgan fingerprint density at radius 3 is 2.60 bits per heavy atom. The van der Waals surface area contributed by atoms with Crippen LogP contribution in [0, 0.1) is 19.8 Å². The van der Waals surface area contributed by atoms with Crippen LogP contribution < -0.4 is 10.6 Å². The maximum Gasteiger partial charge on any atom is 0.134 e. The van der Waals surface area contributed by atoms with E-state index in [-0.39, 0.29) is 0 Å². The third kappa shape index (κ3) is 3.39. The second kappa shape index (κ2) is 6.39. The first kappa shape index (κ1) is 15.0. The van der Waals surface area contributed by atoms with E-state index in [1.807, 2.05) is 6.92 Å². The van der Waals surface area contributed by atoms with Gasteiger partial charge < -0.3 is 15.5 Å². The number of hydrogen-bond acceptors (Lipinski definition) is 5. The highest BCUT2D eigenvalue weighted by Gasteiger charge is 2.25. The number of piperidine rings is 1. The zero-order valence-electron chi connectivity index (χ0n) is 13.3. The molecule has 1 aliphatic rings. The lowest BCUT2D eigenvalue weighted by Gasteiger charge is -2.35. The molecule has 5 nitrogen and oxygen atoms in total. The summed E-state index contributed by atoms with van der Waals surface area (Å²) >= 11 is 0. The third-order valence-electron chi connectivity index (χ3n) is 4.03. The fourth-order valence-electron chi connectivity index (χ4n) is 2.85. The predicted molar refractivity (Wildman–Crippen MR) is 84.4 cm³/mol. The van der Waals surface area contributed by atoms with E-state index in [1.165, 1.54) is 0 Å². The number of rotatable bonds is 4. The van der Waals surface area contributed by atoms with E-state index in [0.29, 0.717) is 12.0 Å². The van der Waals surface area contributed by atoms with Crippen LogP contribution in [0.5, 0.6) is 0 Å². The van der Waals surface area contributed by atoms with Gasteiger partial charge in [0.1, 0.15) is 17.5 Å². The first-order valence-electron chi connectivity index (χ1n) is 7.55. The molecule has 1 fully saturated rings. The van der Waals surface area contributed by atoms with Crippen molar-refractivity contribution in [3.63, 3.8) is 0 Å². The predicted octanol–water partition coefficient (Wildman–Crippen LogP) is 2.28. The Bertz CT molecular complexity index is 460. The van der Waals surface area contributed by atoms with Gasteiger partial charge >= 0.3 is 0 Å². The SMILES string of the molecule is CCNc1nc(C)nc(NC2CCN(C)CC2C)c1C. The lowest BCUT2D eigenvalue weighted by atomic mass is 9.94. The van der Waals surface area contributed by atoms with E-state index in [0.717, 1.165) is 49.1 Å². The smallest absolute Gasteiger partial charge is 0.134 e. The molecule has 2 N–H and O–H groups in total. The minimum absolute atomic E-state index is 0.494. The highest BCUT2D eigenvalue weighted by molar-refractivity contribution is 5.57. The summed E-state index contributed by atoms with van der Waals surface area (Å²) in [7, 11) is 2.19. The van der Waals surface area contributed by atoms with Gasteiger partial charge in [0.2, 0.25) is 0 Å². The number of likely N-dealkylation sites (tertiary alicyclic amines) is 1. The molecule has 5 heteroatoms. The molecule has 0 amide bonds. The van der Waals surface area contributed by atoms with Crippen molar-refractivity contribution in [2.24, 2.45) is 5.92 Å². The van der Waals surface area contributed by atoms with Crippen LogP contribution in [-0.4, -0.2) is 47.6 Å². The molecule has 0 bridgehead atoms. The largest absolute Gasteiger partial charge is 0.370 e. The van der Waals surface area contributed by atoms with Gasteiger partial charge in [-0.25, -0.2) is 9.97 Å². The fraction of sp³-hybridized carbons (Fsp3) is 0.733. The van der Waals surface area contributed by atoms with Crippen LogP contribution in [-0.2, 0) is 0 Å². The summed E-state index contributed by atoms with van der Waals surface area (Å²) in [4.78, 5) is 11.5. The van der Waals surface area contributed by atoms with Crippen LogP contribution >= 0.6 is 0 Å². The van der Waals surface area contributed by atoms with E-state index in [9.17, 15) is 0 Å². The molecule has 2 heterocycles. The van der Waals surface area contributed by atoms with Gasteiger partial charge in [-0.3, -0.25) is 0 Å². The van der Waals surface area contributed by atoms with Crippen LogP contribution in [0.25, 0.3) is 0 Å². The molecule has 1 saturated heterocycles. The van der Waals surface area contributed by atoms with Gasteiger partial charge in [0, 0.05) is 24.7 Å². The molecule has 1 aromatic heterocycles. The second-order valence-corrected chi connectivity index (χ2v) is 5.90. The number of hydrogen-bond donors (Lipinski definition) is 2. The maximum absolute atomic E-state index is 4.59. The quantitative estimate of drug-likeness (QED) is 0.884. The number of nitrogens with one attached hydrogen (secondary N) is 2. The van der Waals surface area contributed by atoms with E-state index in [1.54, 1.807) is 0 Å². The van der Waals surface area contributed by atoms with Gasteiger partial charge in [0.05, 0.1) is 0 Å².